The number of hydrogen-bond donors (Lipinski definition) is 2. The van der Waals surface area contributed by atoms with Crippen molar-refractivity contribution in [2.24, 2.45) is 0 Å². The van der Waals surface area contributed by atoms with E-state index in [1.807, 2.05) is 6.07 Å². The fraction of sp³-hybridized carbons (Fsp3) is 0.111. The summed E-state index contributed by atoms with van der Waals surface area (Å²) in [7, 11) is -3.92. The van der Waals surface area contributed by atoms with Gasteiger partial charge in [-0.05, 0) is 36.8 Å². The van der Waals surface area contributed by atoms with Gasteiger partial charge in [-0.2, -0.15) is 5.26 Å². The molecule has 0 radical (unpaired) electrons. The van der Waals surface area contributed by atoms with Crippen molar-refractivity contribution in [1.29, 1.82) is 5.26 Å². The number of sulfonamides is 1. The van der Waals surface area contributed by atoms with Crippen LogP contribution in [0.25, 0.3) is 10.8 Å². The zero-order chi connectivity index (χ0) is 18.5. The third-order valence-electron chi connectivity index (χ3n) is 4.57. The van der Waals surface area contributed by atoms with Gasteiger partial charge in [-0.25, -0.2) is 8.42 Å². The van der Waals surface area contributed by atoms with Crippen LogP contribution >= 0.6 is 0 Å². The Balaban J connectivity index is 1.95. The van der Waals surface area contributed by atoms with E-state index in [0.29, 0.717) is 39.7 Å². The summed E-state index contributed by atoms with van der Waals surface area (Å²) in [6.07, 6.45) is 1.89. The number of aromatic nitrogens is 1. The molecule has 130 valence electrons. The Morgan fingerprint density at radius 3 is 2.77 bits per heavy atom. The van der Waals surface area contributed by atoms with E-state index >= 15 is 0 Å². The van der Waals surface area contributed by atoms with E-state index in [1.54, 1.807) is 24.3 Å². The molecule has 0 spiro atoms. The first-order valence-electron chi connectivity index (χ1n) is 7.89. The minimum atomic E-state index is -3.92. The van der Waals surface area contributed by atoms with E-state index in [4.69, 9.17) is 11.0 Å². The molecule has 1 aliphatic rings. The normalized spacial score (nSPS) is 13.6. The molecule has 0 bridgehead atoms. The van der Waals surface area contributed by atoms with Crippen molar-refractivity contribution in [3.05, 3.63) is 64.1 Å². The number of nitrogen functional groups attached to an aromatic ring is 1. The second-order valence-electron chi connectivity index (χ2n) is 6.03. The highest BCUT2D eigenvalue weighted by atomic mass is 32.2. The third kappa shape index (κ3) is 2.25. The maximum atomic E-state index is 13.3. The molecule has 3 aromatic rings. The molecule has 0 amide bonds. The molecule has 0 atom stereocenters. The van der Waals surface area contributed by atoms with E-state index in [0.717, 1.165) is 0 Å². The first kappa shape index (κ1) is 16.2. The summed E-state index contributed by atoms with van der Waals surface area (Å²) in [6, 6.07) is 11.3. The largest absolute Gasteiger partial charge is 0.398 e. The summed E-state index contributed by atoms with van der Waals surface area (Å²) in [5.41, 5.74) is 7.48. The van der Waals surface area contributed by atoms with Crippen molar-refractivity contribution in [2.75, 3.05) is 16.6 Å². The zero-order valence-corrected chi connectivity index (χ0v) is 14.4. The molecular weight excluding hydrogens is 352 g/mol. The van der Waals surface area contributed by atoms with Crippen molar-refractivity contribution >= 4 is 32.2 Å². The molecule has 3 N–H and O–H groups in total. The summed E-state index contributed by atoms with van der Waals surface area (Å²) in [4.78, 5) is 14.6. The highest BCUT2D eigenvalue weighted by Gasteiger charge is 2.33. The standard InChI is InChI=1S/C18H14N4O3S/c19-10-11-8-15(20)14-5-7-22(16(14)9-11)26(24,25)17-3-1-2-13-12(17)4-6-21-18(13)23/h1-4,6,8-9H,5,7,20H2,(H,21,23). The Morgan fingerprint density at radius 1 is 1.19 bits per heavy atom. The average Bonchev–Trinajstić information content (AvgIpc) is 3.07. The number of benzene rings is 2. The highest BCUT2D eigenvalue weighted by Crippen LogP contribution is 2.38. The Labute approximate surface area is 149 Å². The van der Waals surface area contributed by atoms with Crippen molar-refractivity contribution in [1.82, 2.24) is 4.98 Å². The summed E-state index contributed by atoms with van der Waals surface area (Å²) < 4.78 is 27.9. The molecule has 0 aliphatic carbocycles. The molecule has 26 heavy (non-hydrogen) atoms. The molecule has 2 aromatic carbocycles. The maximum Gasteiger partial charge on any atom is 0.264 e. The van der Waals surface area contributed by atoms with Crippen LogP contribution in [0.4, 0.5) is 11.4 Å². The number of nitrogens with two attached hydrogens (primary N) is 1. The minimum absolute atomic E-state index is 0.0508. The van der Waals surface area contributed by atoms with Gasteiger partial charge in [0.25, 0.3) is 15.6 Å². The molecule has 4 rings (SSSR count). The van der Waals surface area contributed by atoms with Gasteiger partial charge in [-0.1, -0.05) is 6.07 Å². The van der Waals surface area contributed by atoms with Gasteiger partial charge in [0.2, 0.25) is 0 Å². The smallest absolute Gasteiger partial charge is 0.264 e. The van der Waals surface area contributed by atoms with Crippen molar-refractivity contribution in [3.63, 3.8) is 0 Å². The minimum Gasteiger partial charge on any atom is -0.398 e. The number of fused-ring (bicyclic) bond motifs is 2. The number of rotatable bonds is 2. The predicted molar refractivity (Wildman–Crippen MR) is 98.4 cm³/mol. The summed E-state index contributed by atoms with van der Waals surface area (Å²) in [5.74, 6) is 0. The van der Waals surface area contributed by atoms with E-state index < -0.39 is 10.0 Å². The second kappa shape index (κ2) is 5.61. The van der Waals surface area contributed by atoms with Gasteiger partial charge in [0, 0.05) is 34.8 Å². The number of nitriles is 1. The fourth-order valence-electron chi connectivity index (χ4n) is 3.36. The summed E-state index contributed by atoms with van der Waals surface area (Å²) in [6.45, 7) is 0.232. The van der Waals surface area contributed by atoms with Gasteiger partial charge in [0.05, 0.1) is 22.2 Å². The lowest BCUT2D eigenvalue weighted by atomic mass is 10.1. The zero-order valence-electron chi connectivity index (χ0n) is 13.6. The predicted octanol–water partition coefficient (Wildman–Crippen LogP) is 1.73. The van der Waals surface area contributed by atoms with E-state index in [-0.39, 0.29) is 17.0 Å². The monoisotopic (exact) mass is 366 g/mol. The van der Waals surface area contributed by atoms with Crippen LogP contribution in [0.5, 0.6) is 0 Å². The summed E-state index contributed by atoms with van der Waals surface area (Å²) in [5, 5.41) is 9.82. The van der Waals surface area contributed by atoms with Crippen LogP contribution in [0.3, 0.4) is 0 Å². The van der Waals surface area contributed by atoms with Crippen LogP contribution in [0.15, 0.2) is 52.3 Å². The van der Waals surface area contributed by atoms with Crippen molar-refractivity contribution in [2.45, 2.75) is 11.3 Å². The van der Waals surface area contributed by atoms with E-state index in [9.17, 15) is 13.2 Å². The van der Waals surface area contributed by atoms with Crippen LogP contribution in [0, 0.1) is 11.3 Å². The Bertz CT molecular complexity index is 1260. The van der Waals surface area contributed by atoms with Gasteiger partial charge in [-0.3, -0.25) is 9.10 Å². The quantitative estimate of drug-likeness (QED) is 0.669. The molecule has 1 aliphatic heterocycles. The number of pyridine rings is 1. The molecule has 1 aromatic heterocycles. The van der Waals surface area contributed by atoms with Gasteiger partial charge < -0.3 is 10.7 Å². The molecule has 0 saturated heterocycles. The lowest BCUT2D eigenvalue weighted by molar-refractivity contribution is 0.593. The first-order chi connectivity index (χ1) is 12.4. The fourth-order valence-corrected chi connectivity index (χ4v) is 5.05. The molecule has 0 saturated carbocycles. The lowest BCUT2D eigenvalue weighted by Crippen LogP contribution is -2.29. The number of hydrogen-bond acceptors (Lipinski definition) is 5. The van der Waals surface area contributed by atoms with E-state index in [2.05, 4.69) is 4.98 Å². The van der Waals surface area contributed by atoms with E-state index in [1.165, 1.54) is 22.6 Å². The van der Waals surface area contributed by atoms with Crippen molar-refractivity contribution < 1.29 is 8.42 Å². The number of nitrogens with zero attached hydrogens (tertiary/aromatic N) is 2. The molecule has 2 heterocycles. The summed E-state index contributed by atoms with van der Waals surface area (Å²) >= 11 is 0. The molecule has 7 nitrogen and oxygen atoms in total. The number of aromatic amines is 1. The lowest BCUT2D eigenvalue weighted by Gasteiger charge is -2.21. The Kier molecular flexibility index (Phi) is 3.49. The average molecular weight is 366 g/mol. The Morgan fingerprint density at radius 2 is 2.00 bits per heavy atom. The first-order valence-corrected chi connectivity index (χ1v) is 9.33. The topological polar surface area (TPSA) is 120 Å². The van der Waals surface area contributed by atoms with Crippen LogP contribution in [0.2, 0.25) is 0 Å². The van der Waals surface area contributed by atoms with Crippen LogP contribution < -0.4 is 15.6 Å². The van der Waals surface area contributed by atoms with Crippen LogP contribution in [-0.2, 0) is 16.4 Å². The van der Waals surface area contributed by atoms with Crippen LogP contribution in [0.1, 0.15) is 11.1 Å². The van der Waals surface area contributed by atoms with Gasteiger partial charge >= 0.3 is 0 Å². The molecule has 0 fully saturated rings. The highest BCUT2D eigenvalue weighted by molar-refractivity contribution is 7.93. The molecular formula is C18H14N4O3S. The Hall–Kier alpha value is -3.31. The number of H-pyrrole nitrogens is 1. The van der Waals surface area contributed by atoms with Gasteiger partial charge in [0.1, 0.15) is 0 Å². The number of nitrogens with one attached hydrogen (secondary N) is 1. The van der Waals surface area contributed by atoms with Gasteiger partial charge in [0.15, 0.2) is 0 Å². The van der Waals surface area contributed by atoms with Crippen molar-refractivity contribution in [3.8, 4) is 6.07 Å². The second-order valence-corrected chi connectivity index (χ2v) is 7.86. The molecule has 8 heteroatoms. The maximum absolute atomic E-state index is 13.3. The van der Waals surface area contributed by atoms with Crippen LogP contribution in [-0.4, -0.2) is 19.9 Å². The SMILES string of the molecule is N#Cc1cc(N)c2c(c1)N(S(=O)(=O)c1cccc3c(=O)[nH]ccc13)CC2. The van der Waals surface area contributed by atoms with Gasteiger partial charge in [-0.15, -0.1) is 0 Å². The molecule has 0 unspecified atom stereocenters. The number of anilines is 2. The third-order valence-corrected chi connectivity index (χ3v) is 6.44.